The van der Waals surface area contributed by atoms with Crippen LogP contribution in [0, 0.1) is 6.92 Å². The summed E-state index contributed by atoms with van der Waals surface area (Å²) >= 11 is 2.96. The fourth-order valence-electron chi connectivity index (χ4n) is 3.63. The van der Waals surface area contributed by atoms with Crippen molar-refractivity contribution in [3.8, 4) is 5.69 Å². The minimum absolute atomic E-state index is 0.0212. The second-order valence-corrected chi connectivity index (χ2v) is 9.43. The summed E-state index contributed by atoms with van der Waals surface area (Å²) in [6.07, 6.45) is 5.10. The van der Waals surface area contributed by atoms with Crippen molar-refractivity contribution in [3.05, 3.63) is 50.6 Å². The number of thioether (sulfide) groups is 1. The zero-order valence-electron chi connectivity index (χ0n) is 16.8. The van der Waals surface area contributed by atoms with Gasteiger partial charge in [-0.2, -0.15) is 0 Å². The summed E-state index contributed by atoms with van der Waals surface area (Å²) in [5, 5.41) is 4.28. The van der Waals surface area contributed by atoms with Crippen molar-refractivity contribution in [2.75, 3.05) is 12.3 Å². The van der Waals surface area contributed by atoms with Crippen LogP contribution in [0.25, 0.3) is 15.9 Å². The van der Waals surface area contributed by atoms with Gasteiger partial charge in [0.1, 0.15) is 4.83 Å². The van der Waals surface area contributed by atoms with Crippen LogP contribution in [0.4, 0.5) is 0 Å². The smallest absolute Gasteiger partial charge is 0.267 e. The summed E-state index contributed by atoms with van der Waals surface area (Å²) in [5.74, 6) is 0.223. The van der Waals surface area contributed by atoms with E-state index in [2.05, 4.69) is 12.2 Å². The Hall–Kier alpha value is -2.12. The molecule has 2 aromatic heterocycles. The third-order valence-electron chi connectivity index (χ3n) is 5.19. The fourth-order valence-corrected chi connectivity index (χ4v) is 5.77. The van der Waals surface area contributed by atoms with E-state index >= 15 is 0 Å². The molecule has 7 heteroatoms. The number of aryl methyl sites for hydroxylation is 3. The molecule has 0 spiro atoms. The number of nitrogens with one attached hydrogen (secondary N) is 1. The fraction of sp³-hybridized carbons (Fsp3) is 0.409. The van der Waals surface area contributed by atoms with E-state index in [0.29, 0.717) is 11.7 Å². The standard InChI is InChI=1S/C22H25N3O2S2/c1-3-4-12-23-18(26)13-28-22-24-20-19(16-6-5-7-17(16)29-20)21(27)25(22)15-10-8-14(2)9-11-15/h8-11H,3-7,12-13H2,1-2H3,(H,23,26). The maximum absolute atomic E-state index is 13.5. The molecular weight excluding hydrogens is 402 g/mol. The van der Waals surface area contributed by atoms with Crippen molar-refractivity contribution in [1.82, 2.24) is 14.9 Å². The number of rotatable bonds is 7. The maximum atomic E-state index is 13.5. The Labute approximate surface area is 178 Å². The molecule has 1 aliphatic rings. The highest BCUT2D eigenvalue weighted by Crippen LogP contribution is 2.36. The predicted octanol–water partition coefficient (Wildman–Crippen LogP) is 4.25. The third kappa shape index (κ3) is 4.12. The van der Waals surface area contributed by atoms with Crippen molar-refractivity contribution in [2.24, 2.45) is 0 Å². The molecule has 0 unspecified atom stereocenters. The van der Waals surface area contributed by atoms with Gasteiger partial charge in [-0.15, -0.1) is 11.3 Å². The predicted molar refractivity (Wildman–Crippen MR) is 121 cm³/mol. The number of hydrogen-bond acceptors (Lipinski definition) is 5. The normalized spacial score (nSPS) is 13.0. The second-order valence-electron chi connectivity index (χ2n) is 7.40. The van der Waals surface area contributed by atoms with Gasteiger partial charge in [0.05, 0.1) is 16.8 Å². The van der Waals surface area contributed by atoms with Crippen molar-refractivity contribution < 1.29 is 4.79 Å². The maximum Gasteiger partial charge on any atom is 0.267 e. The summed E-state index contributed by atoms with van der Waals surface area (Å²) in [7, 11) is 0. The molecular formula is C22H25N3O2S2. The lowest BCUT2D eigenvalue weighted by Gasteiger charge is -2.13. The molecule has 3 aromatic rings. The molecule has 0 radical (unpaired) electrons. The van der Waals surface area contributed by atoms with Gasteiger partial charge in [0.15, 0.2) is 5.16 Å². The Morgan fingerprint density at radius 2 is 2.07 bits per heavy atom. The largest absolute Gasteiger partial charge is 0.355 e. The number of unbranched alkanes of at least 4 members (excludes halogenated alkanes) is 1. The summed E-state index contributed by atoms with van der Waals surface area (Å²) in [6.45, 7) is 4.81. The number of amides is 1. The molecule has 0 fully saturated rings. The van der Waals surface area contributed by atoms with Crippen molar-refractivity contribution in [2.45, 2.75) is 51.1 Å². The minimum atomic E-state index is -0.0260. The first-order chi connectivity index (χ1) is 14.1. The molecule has 1 N–H and O–H groups in total. The van der Waals surface area contributed by atoms with Crippen LogP contribution in [0.1, 0.15) is 42.2 Å². The second kappa shape index (κ2) is 8.71. The molecule has 0 aliphatic heterocycles. The average molecular weight is 428 g/mol. The van der Waals surface area contributed by atoms with Gasteiger partial charge in [-0.3, -0.25) is 14.2 Å². The van der Waals surface area contributed by atoms with Crippen LogP contribution in [-0.4, -0.2) is 27.8 Å². The molecule has 0 atom stereocenters. The summed E-state index contributed by atoms with van der Waals surface area (Å²) in [5.41, 5.74) is 3.09. The molecule has 1 aliphatic carbocycles. The van der Waals surface area contributed by atoms with Gasteiger partial charge in [0.25, 0.3) is 5.56 Å². The van der Waals surface area contributed by atoms with E-state index < -0.39 is 0 Å². The number of nitrogens with zero attached hydrogens (tertiary/aromatic N) is 2. The van der Waals surface area contributed by atoms with Crippen LogP contribution in [-0.2, 0) is 17.6 Å². The van der Waals surface area contributed by atoms with Crippen LogP contribution in [0.3, 0.4) is 0 Å². The highest BCUT2D eigenvalue weighted by Gasteiger charge is 2.24. The molecule has 0 saturated heterocycles. The van der Waals surface area contributed by atoms with Crippen LogP contribution in [0.2, 0.25) is 0 Å². The van der Waals surface area contributed by atoms with Crippen molar-refractivity contribution in [3.63, 3.8) is 0 Å². The average Bonchev–Trinajstić information content (AvgIpc) is 3.28. The van der Waals surface area contributed by atoms with Gasteiger partial charge in [-0.05, 0) is 50.3 Å². The highest BCUT2D eigenvalue weighted by atomic mass is 32.2. The monoisotopic (exact) mass is 427 g/mol. The number of hydrogen-bond donors (Lipinski definition) is 1. The molecule has 4 rings (SSSR count). The number of thiophene rings is 1. The topological polar surface area (TPSA) is 64.0 Å². The Morgan fingerprint density at radius 3 is 2.83 bits per heavy atom. The molecule has 2 heterocycles. The molecule has 0 bridgehead atoms. The summed E-state index contributed by atoms with van der Waals surface area (Å²) in [4.78, 5) is 32.7. The Bertz CT molecular complexity index is 1100. The molecule has 152 valence electrons. The number of aromatic nitrogens is 2. The lowest BCUT2D eigenvalue weighted by Crippen LogP contribution is -2.27. The minimum Gasteiger partial charge on any atom is -0.355 e. The zero-order valence-corrected chi connectivity index (χ0v) is 18.4. The number of benzene rings is 1. The van der Waals surface area contributed by atoms with Crippen LogP contribution < -0.4 is 10.9 Å². The Morgan fingerprint density at radius 1 is 1.28 bits per heavy atom. The lowest BCUT2D eigenvalue weighted by molar-refractivity contribution is -0.118. The van der Waals surface area contributed by atoms with Gasteiger partial charge < -0.3 is 5.32 Å². The van der Waals surface area contributed by atoms with Crippen LogP contribution in [0.15, 0.2) is 34.2 Å². The first kappa shape index (κ1) is 20.2. The van der Waals surface area contributed by atoms with Crippen LogP contribution >= 0.6 is 23.1 Å². The Balaban J connectivity index is 1.74. The van der Waals surface area contributed by atoms with E-state index in [-0.39, 0.29) is 17.2 Å². The number of fused-ring (bicyclic) bond motifs is 3. The highest BCUT2D eigenvalue weighted by molar-refractivity contribution is 7.99. The van der Waals surface area contributed by atoms with E-state index in [4.69, 9.17) is 4.98 Å². The summed E-state index contributed by atoms with van der Waals surface area (Å²) < 4.78 is 1.68. The SMILES string of the molecule is CCCCNC(=O)CSc1nc2sc3c(c2c(=O)n1-c1ccc(C)cc1)CCC3. The molecule has 1 aromatic carbocycles. The quantitative estimate of drug-likeness (QED) is 0.348. The lowest BCUT2D eigenvalue weighted by atomic mass is 10.2. The molecule has 5 nitrogen and oxygen atoms in total. The van der Waals surface area contributed by atoms with Crippen molar-refractivity contribution in [1.29, 1.82) is 0 Å². The van der Waals surface area contributed by atoms with E-state index in [1.807, 2.05) is 31.2 Å². The van der Waals surface area contributed by atoms with Gasteiger partial charge in [0.2, 0.25) is 5.91 Å². The first-order valence-electron chi connectivity index (χ1n) is 10.1. The molecule has 0 saturated carbocycles. The van der Waals surface area contributed by atoms with Crippen molar-refractivity contribution >= 4 is 39.2 Å². The van der Waals surface area contributed by atoms with E-state index in [0.717, 1.165) is 53.6 Å². The first-order valence-corrected chi connectivity index (χ1v) is 11.9. The van der Waals surface area contributed by atoms with Crippen LogP contribution in [0.5, 0.6) is 0 Å². The van der Waals surface area contributed by atoms with Gasteiger partial charge >= 0.3 is 0 Å². The summed E-state index contributed by atoms with van der Waals surface area (Å²) in [6, 6.07) is 7.89. The van der Waals surface area contributed by atoms with Gasteiger partial charge in [-0.25, -0.2) is 4.98 Å². The van der Waals surface area contributed by atoms with E-state index in [1.54, 1.807) is 15.9 Å². The van der Waals surface area contributed by atoms with E-state index in [1.165, 1.54) is 22.2 Å². The molecule has 29 heavy (non-hydrogen) atoms. The number of carbonyl (C=O) groups is 1. The zero-order chi connectivity index (χ0) is 20.4. The molecule has 1 amide bonds. The van der Waals surface area contributed by atoms with Gasteiger partial charge in [0, 0.05) is 11.4 Å². The number of carbonyl (C=O) groups excluding carboxylic acids is 1. The van der Waals surface area contributed by atoms with E-state index in [9.17, 15) is 9.59 Å². The third-order valence-corrected chi connectivity index (χ3v) is 7.31. The van der Waals surface area contributed by atoms with Gasteiger partial charge in [-0.1, -0.05) is 42.8 Å². The Kier molecular flexibility index (Phi) is 6.06.